The Balaban J connectivity index is 2.60. The fourth-order valence-electron chi connectivity index (χ4n) is 2.07. The minimum absolute atomic E-state index is 0.0453. The molecule has 1 aromatic carbocycles. The van der Waals surface area contributed by atoms with Gasteiger partial charge in [-0.25, -0.2) is 4.68 Å². The van der Waals surface area contributed by atoms with Crippen molar-refractivity contribution in [2.24, 2.45) is 5.73 Å². The number of para-hydroxylation sites is 1. The number of hydrogen-bond acceptors (Lipinski definition) is 2. The Morgan fingerprint density at radius 2 is 2.00 bits per heavy atom. The first kappa shape index (κ1) is 13.3. The van der Waals surface area contributed by atoms with Gasteiger partial charge in [-0.1, -0.05) is 25.1 Å². The van der Waals surface area contributed by atoms with Gasteiger partial charge in [-0.15, -0.1) is 0 Å². The lowest BCUT2D eigenvalue weighted by Gasteiger charge is -2.15. The molecule has 0 saturated carbocycles. The molecule has 18 heavy (non-hydrogen) atoms. The first-order valence-electron chi connectivity index (χ1n) is 6.12. The number of nitrogens with two attached hydrogens (primary N) is 1. The van der Waals surface area contributed by atoms with Gasteiger partial charge in [0.2, 0.25) is 0 Å². The van der Waals surface area contributed by atoms with E-state index in [0.29, 0.717) is 0 Å². The van der Waals surface area contributed by atoms with Crippen LogP contribution in [0.4, 0.5) is 0 Å². The van der Waals surface area contributed by atoms with Gasteiger partial charge >= 0.3 is 0 Å². The maximum atomic E-state index is 6.17. The highest BCUT2D eigenvalue weighted by Crippen LogP contribution is 2.27. The van der Waals surface area contributed by atoms with E-state index in [9.17, 15) is 0 Å². The first-order chi connectivity index (χ1) is 8.56. The third kappa shape index (κ3) is 2.22. The van der Waals surface area contributed by atoms with Crippen LogP contribution in [-0.2, 0) is 0 Å². The van der Waals surface area contributed by atoms with Gasteiger partial charge in [0, 0.05) is 6.04 Å². The van der Waals surface area contributed by atoms with Crippen molar-refractivity contribution in [3.05, 3.63) is 45.7 Å². The molecular formula is C14H18BrN3. The SMILES string of the molecule is CC[C@H](N)c1ccccc1-n1nc(C)c(Br)c1C. The van der Waals surface area contributed by atoms with Crippen LogP contribution >= 0.6 is 15.9 Å². The van der Waals surface area contributed by atoms with Crippen LogP contribution in [0.25, 0.3) is 5.69 Å². The molecule has 2 aromatic rings. The molecule has 1 atom stereocenters. The Morgan fingerprint density at radius 3 is 2.56 bits per heavy atom. The maximum absolute atomic E-state index is 6.17. The molecule has 0 unspecified atom stereocenters. The van der Waals surface area contributed by atoms with Gasteiger partial charge in [0.1, 0.15) is 0 Å². The molecule has 2 rings (SSSR count). The molecule has 3 nitrogen and oxygen atoms in total. The van der Waals surface area contributed by atoms with Gasteiger partial charge in [0.05, 0.1) is 21.5 Å². The molecule has 0 fully saturated rings. The smallest absolute Gasteiger partial charge is 0.0743 e. The topological polar surface area (TPSA) is 43.8 Å². The molecule has 0 saturated heterocycles. The van der Waals surface area contributed by atoms with Crippen molar-refractivity contribution in [3.63, 3.8) is 0 Å². The quantitative estimate of drug-likeness (QED) is 0.940. The van der Waals surface area contributed by atoms with Gasteiger partial charge < -0.3 is 5.73 Å². The van der Waals surface area contributed by atoms with Crippen LogP contribution in [0.5, 0.6) is 0 Å². The minimum atomic E-state index is 0.0453. The Morgan fingerprint density at radius 1 is 1.33 bits per heavy atom. The minimum Gasteiger partial charge on any atom is -0.324 e. The molecule has 1 heterocycles. The van der Waals surface area contributed by atoms with Crippen LogP contribution in [0.2, 0.25) is 0 Å². The molecule has 0 bridgehead atoms. The highest BCUT2D eigenvalue weighted by Gasteiger charge is 2.15. The van der Waals surface area contributed by atoms with Crippen LogP contribution in [0.3, 0.4) is 0 Å². The number of aryl methyl sites for hydroxylation is 1. The van der Waals surface area contributed by atoms with Crippen molar-refractivity contribution in [1.29, 1.82) is 0 Å². The second-order valence-electron chi connectivity index (χ2n) is 4.47. The average Bonchev–Trinajstić information content (AvgIpc) is 2.65. The number of aromatic nitrogens is 2. The van der Waals surface area contributed by atoms with Gasteiger partial charge in [-0.05, 0) is 47.8 Å². The Hall–Kier alpha value is -1.13. The van der Waals surface area contributed by atoms with Crippen LogP contribution < -0.4 is 5.73 Å². The molecule has 0 aliphatic carbocycles. The fourth-order valence-corrected chi connectivity index (χ4v) is 2.32. The lowest BCUT2D eigenvalue weighted by atomic mass is 10.0. The number of halogens is 1. The number of rotatable bonds is 3. The molecule has 2 N–H and O–H groups in total. The molecule has 0 radical (unpaired) electrons. The number of nitrogens with zero attached hydrogens (tertiary/aromatic N) is 2. The van der Waals surface area contributed by atoms with Gasteiger partial charge in [0.15, 0.2) is 0 Å². The van der Waals surface area contributed by atoms with E-state index >= 15 is 0 Å². The van der Waals surface area contributed by atoms with E-state index in [1.165, 1.54) is 0 Å². The molecule has 0 aliphatic heterocycles. The number of hydrogen-bond donors (Lipinski definition) is 1. The molecule has 0 spiro atoms. The van der Waals surface area contributed by atoms with Crippen molar-refractivity contribution < 1.29 is 0 Å². The summed E-state index contributed by atoms with van der Waals surface area (Å²) >= 11 is 3.56. The summed E-state index contributed by atoms with van der Waals surface area (Å²) in [5.41, 5.74) is 10.5. The summed E-state index contributed by atoms with van der Waals surface area (Å²) in [5.74, 6) is 0. The standard InChI is InChI=1S/C14H18BrN3/c1-4-12(16)11-7-5-6-8-13(11)18-10(3)14(15)9(2)17-18/h5-8,12H,4,16H2,1-3H3/t12-/m0/s1. The van der Waals surface area contributed by atoms with E-state index in [1.54, 1.807) is 0 Å². The fraction of sp³-hybridized carbons (Fsp3) is 0.357. The molecule has 4 heteroatoms. The molecular weight excluding hydrogens is 290 g/mol. The molecule has 0 amide bonds. The highest BCUT2D eigenvalue weighted by molar-refractivity contribution is 9.10. The predicted molar refractivity (Wildman–Crippen MR) is 78.0 cm³/mol. The Labute approximate surface area is 116 Å². The number of benzene rings is 1. The zero-order valence-electron chi connectivity index (χ0n) is 10.9. The van der Waals surface area contributed by atoms with Crippen molar-refractivity contribution >= 4 is 15.9 Å². The lowest BCUT2D eigenvalue weighted by Crippen LogP contribution is -2.13. The van der Waals surface area contributed by atoms with Gasteiger partial charge in [0.25, 0.3) is 0 Å². The largest absolute Gasteiger partial charge is 0.324 e. The second kappa shape index (κ2) is 5.24. The van der Waals surface area contributed by atoms with Crippen LogP contribution in [-0.4, -0.2) is 9.78 Å². The second-order valence-corrected chi connectivity index (χ2v) is 5.26. The van der Waals surface area contributed by atoms with E-state index < -0.39 is 0 Å². The van der Waals surface area contributed by atoms with E-state index in [-0.39, 0.29) is 6.04 Å². The third-order valence-corrected chi connectivity index (χ3v) is 4.35. The third-order valence-electron chi connectivity index (χ3n) is 3.21. The normalized spacial score (nSPS) is 12.7. The summed E-state index contributed by atoms with van der Waals surface area (Å²) < 4.78 is 3.02. The van der Waals surface area contributed by atoms with Crippen molar-refractivity contribution in [3.8, 4) is 5.69 Å². The summed E-state index contributed by atoms with van der Waals surface area (Å²) in [7, 11) is 0. The summed E-state index contributed by atoms with van der Waals surface area (Å²) in [5, 5.41) is 4.57. The summed E-state index contributed by atoms with van der Waals surface area (Å²) in [6.07, 6.45) is 0.914. The Kier molecular flexibility index (Phi) is 3.88. The van der Waals surface area contributed by atoms with Crippen molar-refractivity contribution in [2.75, 3.05) is 0 Å². The first-order valence-corrected chi connectivity index (χ1v) is 6.92. The zero-order chi connectivity index (χ0) is 13.3. The van der Waals surface area contributed by atoms with E-state index in [0.717, 1.165) is 33.5 Å². The summed E-state index contributed by atoms with van der Waals surface area (Å²) in [6.45, 7) is 6.15. The molecule has 1 aromatic heterocycles. The van der Waals surface area contributed by atoms with Crippen LogP contribution in [0.15, 0.2) is 28.7 Å². The van der Waals surface area contributed by atoms with Crippen molar-refractivity contribution in [2.45, 2.75) is 33.2 Å². The monoisotopic (exact) mass is 307 g/mol. The van der Waals surface area contributed by atoms with E-state index in [1.807, 2.05) is 23.7 Å². The Bertz CT molecular complexity index is 560. The average molecular weight is 308 g/mol. The lowest BCUT2D eigenvalue weighted by molar-refractivity contribution is 0.683. The van der Waals surface area contributed by atoms with Crippen molar-refractivity contribution in [1.82, 2.24) is 9.78 Å². The summed E-state index contributed by atoms with van der Waals surface area (Å²) in [6, 6.07) is 8.23. The maximum Gasteiger partial charge on any atom is 0.0743 e. The van der Waals surface area contributed by atoms with Crippen LogP contribution in [0.1, 0.15) is 36.3 Å². The molecule has 0 aliphatic rings. The predicted octanol–water partition coefficient (Wildman–Crippen LogP) is 3.66. The summed E-state index contributed by atoms with van der Waals surface area (Å²) in [4.78, 5) is 0. The van der Waals surface area contributed by atoms with Crippen LogP contribution in [0, 0.1) is 13.8 Å². The van der Waals surface area contributed by atoms with E-state index in [2.05, 4.69) is 47.0 Å². The highest BCUT2D eigenvalue weighted by atomic mass is 79.9. The van der Waals surface area contributed by atoms with Gasteiger partial charge in [-0.2, -0.15) is 5.10 Å². The van der Waals surface area contributed by atoms with Gasteiger partial charge in [-0.3, -0.25) is 0 Å². The molecule has 96 valence electrons. The zero-order valence-corrected chi connectivity index (χ0v) is 12.5. The van der Waals surface area contributed by atoms with E-state index in [4.69, 9.17) is 5.73 Å².